The predicted molar refractivity (Wildman–Crippen MR) is 48.8 cm³/mol. The number of hydrogen-bond acceptors (Lipinski definition) is 0. The zero-order valence-electron chi connectivity index (χ0n) is 6.87. The summed E-state index contributed by atoms with van der Waals surface area (Å²) in [6, 6.07) is 11.2. The second-order valence-corrected chi connectivity index (χ2v) is 2.96. The van der Waals surface area contributed by atoms with Crippen molar-refractivity contribution in [1.82, 2.24) is 0 Å². The van der Waals surface area contributed by atoms with E-state index in [2.05, 4.69) is 0 Å². The van der Waals surface area contributed by atoms with Crippen molar-refractivity contribution in [2.45, 2.75) is 6.92 Å². The summed E-state index contributed by atoms with van der Waals surface area (Å²) in [6.45, 7) is 2.02. The van der Waals surface area contributed by atoms with Crippen molar-refractivity contribution in [2.75, 3.05) is 0 Å². The van der Waals surface area contributed by atoms with Gasteiger partial charge in [0.1, 0.15) is 0 Å². The van der Waals surface area contributed by atoms with Crippen LogP contribution in [0.4, 0.5) is 0 Å². The summed E-state index contributed by atoms with van der Waals surface area (Å²) in [5, 5.41) is 13.2. The molecule has 0 aliphatic rings. The van der Waals surface area contributed by atoms with Crippen molar-refractivity contribution < 1.29 is 5.11 Å². The van der Waals surface area contributed by atoms with Crippen LogP contribution in [0.15, 0.2) is 36.4 Å². The molecule has 1 heteroatoms. The van der Waals surface area contributed by atoms with Crippen LogP contribution in [-0.2, 0) is 5.11 Å². The van der Waals surface area contributed by atoms with Crippen molar-refractivity contribution in [1.29, 1.82) is 0 Å². The van der Waals surface area contributed by atoms with Crippen molar-refractivity contribution in [3.63, 3.8) is 0 Å². The molecule has 0 aliphatic carbocycles. The zero-order chi connectivity index (χ0) is 8.55. The van der Waals surface area contributed by atoms with Gasteiger partial charge in [-0.2, -0.15) is 0 Å². The minimum absolute atomic E-state index is 0.0804. The van der Waals surface area contributed by atoms with Crippen LogP contribution in [-0.4, -0.2) is 0 Å². The van der Waals surface area contributed by atoms with Gasteiger partial charge in [0.05, 0.1) is 0 Å². The molecule has 0 saturated carbocycles. The molecule has 12 heavy (non-hydrogen) atoms. The Bertz CT molecular complexity index is 418. The van der Waals surface area contributed by atoms with Gasteiger partial charge in [-0.25, -0.2) is 0 Å². The lowest BCUT2D eigenvalue weighted by atomic mass is 10.1. The number of benzene rings is 2. The molecule has 0 aliphatic heterocycles. The molecule has 59 valence electrons. The van der Waals surface area contributed by atoms with E-state index < -0.39 is 0 Å². The van der Waals surface area contributed by atoms with Gasteiger partial charge in [-0.15, -0.1) is 0 Å². The van der Waals surface area contributed by atoms with Crippen LogP contribution in [0.25, 0.3) is 10.8 Å². The second-order valence-electron chi connectivity index (χ2n) is 2.96. The predicted octanol–water partition coefficient (Wildman–Crippen LogP) is 3.29. The van der Waals surface area contributed by atoms with Gasteiger partial charge >= 0.3 is 0 Å². The average molecular weight is 157 g/mol. The van der Waals surface area contributed by atoms with Crippen molar-refractivity contribution in [3.05, 3.63) is 42.0 Å². The molecule has 0 fully saturated rings. The fraction of sp³-hybridized carbons (Fsp3) is 0.0909. The average Bonchev–Trinajstić information content (AvgIpc) is 2.07. The summed E-state index contributed by atoms with van der Waals surface area (Å²) >= 11 is 0. The third-order valence-electron chi connectivity index (χ3n) is 2.07. The van der Waals surface area contributed by atoms with Gasteiger partial charge in [-0.1, -0.05) is 24.3 Å². The van der Waals surface area contributed by atoms with Crippen LogP contribution in [0.2, 0.25) is 0 Å². The highest BCUT2D eigenvalue weighted by Gasteiger charge is 1.97. The van der Waals surface area contributed by atoms with E-state index in [-0.39, 0.29) is 5.75 Å². The topological polar surface area (TPSA) is 19.9 Å². The molecule has 1 radical (unpaired) electrons. The summed E-state index contributed by atoms with van der Waals surface area (Å²) in [5.74, 6) is 0.0804. The van der Waals surface area contributed by atoms with E-state index in [1.54, 1.807) is 12.1 Å². The fourth-order valence-corrected chi connectivity index (χ4v) is 1.41. The second kappa shape index (κ2) is 2.52. The van der Waals surface area contributed by atoms with Gasteiger partial charge in [0, 0.05) is 0 Å². The first-order valence-corrected chi connectivity index (χ1v) is 3.94. The molecule has 0 N–H and O–H groups in total. The molecule has 0 bridgehead atoms. The molecule has 1 nitrogen and oxygen atoms in total. The normalized spacial score (nSPS) is 10.4. The van der Waals surface area contributed by atoms with E-state index in [1.807, 2.05) is 31.2 Å². The first kappa shape index (κ1) is 7.17. The molecule has 2 rings (SSSR count). The maximum atomic E-state index is 11.0. The van der Waals surface area contributed by atoms with E-state index in [0.717, 1.165) is 16.3 Å². The van der Waals surface area contributed by atoms with E-state index in [4.69, 9.17) is 0 Å². The van der Waals surface area contributed by atoms with Gasteiger partial charge in [-0.3, -0.25) is 5.11 Å². The summed E-state index contributed by atoms with van der Waals surface area (Å²) in [4.78, 5) is 0. The maximum Gasteiger partial charge on any atom is 0.179 e. The minimum atomic E-state index is 0.0804. The largest absolute Gasteiger partial charge is 0.290 e. The third kappa shape index (κ3) is 1.03. The Morgan fingerprint density at radius 3 is 2.75 bits per heavy atom. The smallest absolute Gasteiger partial charge is 0.179 e. The highest BCUT2D eigenvalue weighted by Crippen LogP contribution is 2.22. The van der Waals surface area contributed by atoms with E-state index in [0.29, 0.717) is 0 Å². The summed E-state index contributed by atoms with van der Waals surface area (Å²) in [7, 11) is 0. The van der Waals surface area contributed by atoms with E-state index >= 15 is 0 Å². The molecule has 0 aromatic heterocycles. The Morgan fingerprint density at radius 2 is 1.92 bits per heavy atom. The number of hydrogen-bond donors (Lipinski definition) is 0. The molecule has 0 heterocycles. The van der Waals surface area contributed by atoms with Crippen LogP contribution in [0.5, 0.6) is 5.75 Å². The molecular formula is C11H9O. The number of aryl methyl sites for hydroxylation is 1. The zero-order valence-corrected chi connectivity index (χ0v) is 6.87. The number of rotatable bonds is 0. The Balaban J connectivity index is 2.88. The molecule has 0 atom stereocenters. The Hall–Kier alpha value is -1.50. The Kier molecular flexibility index (Phi) is 1.51. The van der Waals surface area contributed by atoms with Gasteiger partial charge in [-0.05, 0) is 35.4 Å². The quantitative estimate of drug-likeness (QED) is 0.559. The first-order chi connectivity index (χ1) is 5.77. The minimum Gasteiger partial charge on any atom is -0.290 e. The molecule has 0 amide bonds. The standard InChI is InChI=1S/C11H9O/c1-8-3-2-4-9-5-6-10(12)7-11(8)9/h2-7H,1H3. The molecule has 0 saturated heterocycles. The third-order valence-corrected chi connectivity index (χ3v) is 2.07. The lowest BCUT2D eigenvalue weighted by Gasteiger charge is -1.99. The van der Waals surface area contributed by atoms with Crippen LogP contribution in [0.3, 0.4) is 0 Å². The first-order valence-electron chi connectivity index (χ1n) is 3.94. The summed E-state index contributed by atoms with van der Waals surface area (Å²) in [5.41, 5.74) is 1.16. The number of fused-ring (bicyclic) bond motifs is 1. The highest BCUT2D eigenvalue weighted by molar-refractivity contribution is 5.86. The monoisotopic (exact) mass is 157 g/mol. The van der Waals surface area contributed by atoms with Crippen LogP contribution < -0.4 is 0 Å². The van der Waals surface area contributed by atoms with Gasteiger partial charge in [0.15, 0.2) is 5.75 Å². The molecule has 0 spiro atoms. The SMILES string of the molecule is Cc1cccc2ccc([O])cc12. The van der Waals surface area contributed by atoms with E-state index in [9.17, 15) is 5.11 Å². The van der Waals surface area contributed by atoms with Crippen LogP contribution >= 0.6 is 0 Å². The molecule has 0 unspecified atom stereocenters. The molecule has 2 aromatic carbocycles. The lowest BCUT2D eigenvalue weighted by molar-refractivity contribution is 0.355. The van der Waals surface area contributed by atoms with Crippen LogP contribution in [0, 0.1) is 6.92 Å². The maximum absolute atomic E-state index is 11.0. The van der Waals surface area contributed by atoms with Gasteiger partial charge < -0.3 is 0 Å². The fourth-order valence-electron chi connectivity index (χ4n) is 1.41. The highest BCUT2D eigenvalue weighted by atomic mass is 16.3. The molecular weight excluding hydrogens is 148 g/mol. The summed E-state index contributed by atoms with van der Waals surface area (Å²) < 4.78 is 0. The molecule has 2 aromatic rings. The lowest BCUT2D eigenvalue weighted by Crippen LogP contribution is -1.76. The van der Waals surface area contributed by atoms with Crippen molar-refractivity contribution in [3.8, 4) is 5.75 Å². The van der Waals surface area contributed by atoms with Crippen LogP contribution in [0.1, 0.15) is 5.56 Å². The summed E-state index contributed by atoms with van der Waals surface area (Å²) in [6.07, 6.45) is 0. The van der Waals surface area contributed by atoms with Crippen molar-refractivity contribution in [2.24, 2.45) is 0 Å². The van der Waals surface area contributed by atoms with E-state index in [1.165, 1.54) is 0 Å². The van der Waals surface area contributed by atoms with Gasteiger partial charge in [0.2, 0.25) is 0 Å². The van der Waals surface area contributed by atoms with Crippen molar-refractivity contribution >= 4 is 10.8 Å². The van der Waals surface area contributed by atoms with Gasteiger partial charge in [0.25, 0.3) is 0 Å². The Morgan fingerprint density at radius 1 is 1.08 bits per heavy atom. The Labute approximate surface area is 71.3 Å².